The maximum absolute atomic E-state index is 12.4. The number of hydrogen-bond donors (Lipinski definition) is 2. The Kier molecular flexibility index (Phi) is 4.64. The molecule has 2 heterocycles. The summed E-state index contributed by atoms with van der Waals surface area (Å²) in [6.07, 6.45) is 2.39. The first-order chi connectivity index (χ1) is 9.96. The van der Waals surface area contributed by atoms with E-state index in [1.807, 2.05) is 6.92 Å². The third kappa shape index (κ3) is 3.62. The van der Waals surface area contributed by atoms with Gasteiger partial charge in [-0.2, -0.15) is 0 Å². The standard InChI is InChI=1S/C14H19N3O3S/c1-3-7-17-9-13(8-12(17)10-18)21(19,20)16-14-6-4-5-11(2)15-14/h4-6,8-9,18H,3,7,10H2,1-2H3,(H,15,16). The van der Waals surface area contributed by atoms with Gasteiger partial charge in [-0.05, 0) is 31.5 Å². The van der Waals surface area contributed by atoms with Crippen LogP contribution in [0.3, 0.4) is 0 Å². The number of nitrogens with zero attached hydrogens (tertiary/aromatic N) is 2. The highest BCUT2D eigenvalue weighted by Crippen LogP contribution is 2.18. The van der Waals surface area contributed by atoms with E-state index in [1.54, 1.807) is 29.7 Å². The summed E-state index contributed by atoms with van der Waals surface area (Å²) in [4.78, 5) is 4.25. The van der Waals surface area contributed by atoms with Crippen LogP contribution in [-0.2, 0) is 23.2 Å². The number of rotatable bonds is 6. The van der Waals surface area contributed by atoms with Crippen molar-refractivity contribution in [3.05, 3.63) is 41.9 Å². The molecule has 21 heavy (non-hydrogen) atoms. The van der Waals surface area contributed by atoms with Crippen molar-refractivity contribution < 1.29 is 13.5 Å². The molecule has 0 atom stereocenters. The third-order valence-electron chi connectivity index (χ3n) is 3.02. The number of hydrogen-bond acceptors (Lipinski definition) is 4. The van der Waals surface area contributed by atoms with Gasteiger partial charge in [0.2, 0.25) is 0 Å². The largest absolute Gasteiger partial charge is 0.390 e. The smallest absolute Gasteiger partial charge is 0.264 e. The molecule has 2 aromatic rings. The van der Waals surface area contributed by atoms with Gasteiger partial charge in [0.25, 0.3) is 10.0 Å². The summed E-state index contributed by atoms with van der Waals surface area (Å²) in [6.45, 7) is 4.25. The van der Waals surface area contributed by atoms with Gasteiger partial charge in [-0.25, -0.2) is 13.4 Å². The molecule has 7 heteroatoms. The highest BCUT2D eigenvalue weighted by atomic mass is 32.2. The van der Waals surface area contributed by atoms with Gasteiger partial charge in [0.05, 0.1) is 6.61 Å². The SMILES string of the molecule is CCCn1cc(S(=O)(=O)Nc2cccc(C)n2)cc1CO. The minimum Gasteiger partial charge on any atom is -0.390 e. The second-order valence-electron chi connectivity index (χ2n) is 4.79. The molecule has 0 unspecified atom stereocenters. The second kappa shape index (κ2) is 6.28. The maximum atomic E-state index is 12.4. The number of nitrogens with one attached hydrogen (secondary N) is 1. The zero-order valence-corrected chi connectivity index (χ0v) is 12.9. The number of aromatic nitrogens is 2. The van der Waals surface area contributed by atoms with Crippen LogP contribution in [0.5, 0.6) is 0 Å². The molecule has 0 bridgehead atoms. The predicted molar refractivity (Wildman–Crippen MR) is 80.4 cm³/mol. The zero-order chi connectivity index (χ0) is 15.5. The summed E-state index contributed by atoms with van der Waals surface area (Å²) in [5.74, 6) is 0.281. The first-order valence-corrected chi connectivity index (χ1v) is 8.21. The van der Waals surface area contributed by atoms with E-state index in [9.17, 15) is 13.5 Å². The first kappa shape index (κ1) is 15.5. The normalized spacial score (nSPS) is 11.6. The van der Waals surface area contributed by atoms with E-state index in [0.29, 0.717) is 12.2 Å². The lowest BCUT2D eigenvalue weighted by Gasteiger charge is -2.06. The monoisotopic (exact) mass is 309 g/mol. The Labute approximate surface area is 124 Å². The van der Waals surface area contributed by atoms with Crippen LogP contribution in [0.4, 0.5) is 5.82 Å². The lowest BCUT2D eigenvalue weighted by Crippen LogP contribution is -2.13. The van der Waals surface area contributed by atoms with Crippen LogP contribution >= 0.6 is 0 Å². The van der Waals surface area contributed by atoms with Gasteiger partial charge in [0, 0.05) is 24.1 Å². The van der Waals surface area contributed by atoms with Crippen LogP contribution < -0.4 is 4.72 Å². The van der Waals surface area contributed by atoms with Gasteiger partial charge in [-0.15, -0.1) is 0 Å². The number of sulfonamides is 1. The van der Waals surface area contributed by atoms with Crippen molar-refractivity contribution in [3.8, 4) is 0 Å². The third-order valence-corrected chi connectivity index (χ3v) is 4.35. The molecule has 0 aliphatic heterocycles. The lowest BCUT2D eigenvalue weighted by atomic mass is 10.4. The molecule has 2 N–H and O–H groups in total. The zero-order valence-electron chi connectivity index (χ0n) is 12.1. The molecule has 2 aromatic heterocycles. The molecule has 0 aliphatic rings. The Hall–Kier alpha value is -1.86. The van der Waals surface area contributed by atoms with Crippen LogP contribution in [0.25, 0.3) is 0 Å². The topological polar surface area (TPSA) is 84.2 Å². The van der Waals surface area contributed by atoms with Crippen molar-refractivity contribution in [2.24, 2.45) is 0 Å². The minimum absolute atomic E-state index is 0.128. The van der Waals surface area contributed by atoms with Crippen molar-refractivity contribution in [2.45, 2.75) is 38.3 Å². The molecule has 0 spiro atoms. The number of pyridine rings is 1. The summed E-state index contributed by atoms with van der Waals surface area (Å²) in [5.41, 5.74) is 1.31. The van der Waals surface area contributed by atoms with Gasteiger partial charge in [-0.3, -0.25) is 4.72 Å². The molecule has 2 rings (SSSR count). The van der Waals surface area contributed by atoms with Crippen molar-refractivity contribution >= 4 is 15.8 Å². The van der Waals surface area contributed by atoms with Gasteiger partial charge in [0.15, 0.2) is 0 Å². The maximum Gasteiger partial charge on any atom is 0.264 e. The molecule has 0 amide bonds. The van der Waals surface area contributed by atoms with Crippen molar-refractivity contribution in [2.75, 3.05) is 4.72 Å². The van der Waals surface area contributed by atoms with E-state index in [4.69, 9.17) is 0 Å². The van der Waals surface area contributed by atoms with E-state index >= 15 is 0 Å². The quantitative estimate of drug-likeness (QED) is 0.853. The van der Waals surface area contributed by atoms with Crippen LogP contribution in [0.15, 0.2) is 35.4 Å². The van der Waals surface area contributed by atoms with E-state index in [-0.39, 0.29) is 17.3 Å². The fraction of sp³-hybridized carbons (Fsp3) is 0.357. The van der Waals surface area contributed by atoms with E-state index in [1.165, 1.54) is 12.3 Å². The Morgan fingerprint density at radius 1 is 1.38 bits per heavy atom. The summed E-state index contributed by atoms with van der Waals surface area (Å²) < 4.78 is 28.9. The van der Waals surface area contributed by atoms with Gasteiger partial charge in [-0.1, -0.05) is 13.0 Å². The molecule has 0 aliphatic carbocycles. The Balaban J connectivity index is 2.31. The summed E-state index contributed by atoms with van der Waals surface area (Å²) in [6, 6.07) is 6.61. The molecular formula is C14H19N3O3S. The fourth-order valence-electron chi connectivity index (χ4n) is 2.05. The number of anilines is 1. The number of aliphatic hydroxyl groups excluding tert-OH is 1. The average molecular weight is 309 g/mol. The number of aryl methyl sites for hydroxylation is 2. The van der Waals surface area contributed by atoms with E-state index in [2.05, 4.69) is 9.71 Å². The Morgan fingerprint density at radius 3 is 2.76 bits per heavy atom. The molecule has 0 saturated carbocycles. The Bertz CT molecular complexity index is 723. The van der Waals surface area contributed by atoms with Crippen molar-refractivity contribution in [3.63, 3.8) is 0 Å². The molecule has 0 saturated heterocycles. The molecular weight excluding hydrogens is 290 g/mol. The van der Waals surface area contributed by atoms with Gasteiger partial charge >= 0.3 is 0 Å². The highest BCUT2D eigenvalue weighted by molar-refractivity contribution is 7.92. The average Bonchev–Trinajstić information content (AvgIpc) is 2.83. The summed E-state index contributed by atoms with van der Waals surface area (Å²) in [7, 11) is -3.70. The van der Waals surface area contributed by atoms with Crippen molar-refractivity contribution in [1.29, 1.82) is 0 Å². The van der Waals surface area contributed by atoms with E-state index < -0.39 is 10.0 Å². The fourth-order valence-corrected chi connectivity index (χ4v) is 3.11. The molecule has 114 valence electrons. The summed E-state index contributed by atoms with van der Waals surface area (Å²) >= 11 is 0. The molecule has 0 aromatic carbocycles. The van der Waals surface area contributed by atoms with Gasteiger partial charge < -0.3 is 9.67 Å². The van der Waals surface area contributed by atoms with Crippen LogP contribution in [0.1, 0.15) is 24.7 Å². The predicted octanol–water partition coefficient (Wildman–Crippen LogP) is 1.89. The minimum atomic E-state index is -3.70. The Morgan fingerprint density at radius 2 is 2.14 bits per heavy atom. The second-order valence-corrected chi connectivity index (χ2v) is 6.47. The van der Waals surface area contributed by atoms with Crippen LogP contribution in [0, 0.1) is 6.92 Å². The highest BCUT2D eigenvalue weighted by Gasteiger charge is 2.18. The summed E-state index contributed by atoms with van der Waals surface area (Å²) in [5, 5.41) is 9.30. The molecule has 0 fully saturated rings. The lowest BCUT2D eigenvalue weighted by molar-refractivity contribution is 0.270. The van der Waals surface area contributed by atoms with Crippen molar-refractivity contribution in [1.82, 2.24) is 9.55 Å². The molecule has 0 radical (unpaired) electrons. The van der Waals surface area contributed by atoms with Crippen LogP contribution in [0.2, 0.25) is 0 Å². The van der Waals surface area contributed by atoms with Crippen LogP contribution in [-0.4, -0.2) is 23.1 Å². The molecule has 6 nitrogen and oxygen atoms in total. The van der Waals surface area contributed by atoms with E-state index in [0.717, 1.165) is 12.1 Å². The first-order valence-electron chi connectivity index (χ1n) is 6.72. The number of aliphatic hydroxyl groups is 1. The van der Waals surface area contributed by atoms with Gasteiger partial charge in [0.1, 0.15) is 10.7 Å².